The number of aromatic nitrogens is 1. The molecule has 21 heavy (non-hydrogen) atoms. The number of methoxy groups -OCH3 is 2. The first kappa shape index (κ1) is 15.6. The Labute approximate surface area is 133 Å². The maximum absolute atomic E-state index is 5.31. The van der Waals surface area contributed by atoms with Gasteiger partial charge in [-0.1, -0.05) is 6.07 Å². The van der Waals surface area contributed by atoms with Crippen LogP contribution in [0.15, 0.2) is 34.9 Å². The number of benzene rings is 1. The highest BCUT2D eigenvalue weighted by molar-refractivity contribution is 9.10. The predicted molar refractivity (Wildman–Crippen MR) is 88.4 cm³/mol. The van der Waals surface area contributed by atoms with Crippen molar-refractivity contribution in [2.45, 2.75) is 13.3 Å². The van der Waals surface area contributed by atoms with Crippen molar-refractivity contribution < 1.29 is 9.47 Å². The minimum absolute atomic E-state index is 0.747. The van der Waals surface area contributed by atoms with E-state index < -0.39 is 0 Å². The minimum atomic E-state index is 0.747. The Morgan fingerprint density at radius 2 is 1.90 bits per heavy atom. The van der Waals surface area contributed by atoms with Crippen molar-refractivity contribution in [1.82, 2.24) is 4.98 Å². The van der Waals surface area contributed by atoms with E-state index in [0.29, 0.717) is 0 Å². The fourth-order valence-corrected chi connectivity index (χ4v) is 2.63. The molecular weight excluding hydrogens is 332 g/mol. The van der Waals surface area contributed by atoms with Gasteiger partial charge in [-0.25, -0.2) is 4.98 Å². The van der Waals surface area contributed by atoms with E-state index in [1.807, 2.05) is 37.4 Å². The molecule has 1 N–H and O–H groups in total. The molecule has 2 aromatic rings. The molecule has 4 nitrogen and oxygen atoms in total. The van der Waals surface area contributed by atoms with Gasteiger partial charge in [0.15, 0.2) is 11.5 Å². The molecular formula is C16H19BrN2O2. The molecule has 0 atom stereocenters. The van der Waals surface area contributed by atoms with Crippen LogP contribution >= 0.6 is 15.9 Å². The molecule has 0 fully saturated rings. The summed E-state index contributed by atoms with van der Waals surface area (Å²) in [5.41, 5.74) is 2.32. The number of anilines is 1. The molecule has 5 heteroatoms. The molecule has 0 aliphatic carbocycles. The summed E-state index contributed by atoms with van der Waals surface area (Å²) in [5.74, 6) is 2.36. The van der Waals surface area contributed by atoms with Gasteiger partial charge in [0.1, 0.15) is 5.82 Å². The summed E-state index contributed by atoms with van der Waals surface area (Å²) in [6, 6.07) is 8.01. The summed E-state index contributed by atoms with van der Waals surface area (Å²) in [7, 11) is 3.28. The Kier molecular flexibility index (Phi) is 5.44. The average molecular weight is 351 g/mol. The van der Waals surface area contributed by atoms with Gasteiger partial charge in [0.2, 0.25) is 0 Å². The van der Waals surface area contributed by atoms with Crippen molar-refractivity contribution in [1.29, 1.82) is 0 Å². The lowest BCUT2D eigenvalue weighted by molar-refractivity contribution is 0.354. The van der Waals surface area contributed by atoms with E-state index in [0.717, 1.165) is 40.3 Å². The zero-order valence-electron chi connectivity index (χ0n) is 12.4. The van der Waals surface area contributed by atoms with Crippen molar-refractivity contribution in [3.05, 3.63) is 46.1 Å². The molecule has 0 aliphatic rings. The lowest BCUT2D eigenvalue weighted by Crippen LogP contribution is -2.07. The van der Waals surface area contributed by atoms with Gasteiger partial charge in [0.25, 0.3) is 0 Å². The topological polar surface area (TPSA) is 43.4 Å². The molecule has 1 heterocycles. The summed E-state index contributed by atoms with van der Waals surface area (Å²) in [6.07, 6.45) is 2.73. The Bertz CT molecular complexity index is 617. The number of aryl methyl sites for hydroxylation is 1. The summed E-state index contributed by atoms with van der Waals surface area (Å²) < 4.78 is 11.5. The molecule has 0 aliphatic heterocycles. The Hall–Kier alpha value is -1.75. The van der Waals surface area contributed by atoms with Crippen molar-refractivity contribution in [3.63, 3.8) is 0 Å². The second kappa shape index (κ2) is 7.31. The third-order valence-corrected chi connectivity index (χ3v) is 3.74. The Balaban J connectivity index is 1.97. The molecule has 0 spiro atoms. The highest BCUT2D eigenvalue weighted by Gasteiger charge is 2.05. The number of nitrogens with one attached hydrogen (secondary N) is 1. The van der Waals surface area contributed by atoms with Crippen molar-refractivity contribution >= 4 is 21.7 Å². The molecule has 1 aromatic heterocycles. The van der Waals surface area contributed by atoms with Crippen molar-refractivity contribution in [3.8, 4) is 11.5 Å². The molecule has 0 radical (unpaired) electrons. The smallest absolute Gasteiger partial charge is 0.160 e. The molecule has 112 valence electrons. The molecule has 0 amide bonds. The monoisotopic (exact) mass is 350 g/mol. The lowest BCUT2D eigenvalue weighted by Gasteiger charge is -2.11. The zero-order chi connectivity index (χ0) is 15.2. The maximum Gasteiger partial charge on any atom is 0.160 e. The first-order valence-corrected chi connectivity index (χ1v) is 7.50. The number of rotatable bonds is 6. The van der Waals surface area contributed by atoms with E-state index in [-0.39, 0.29) is 0 Å². The van der Waals surface area contributed by atoms with E-state index in [9.17, 15) is 0 Å². The summed E-state index contributed by atoms with van der Waals surface area (Å²) >= 11 is 3.51. The number of ether oxygens (including phenoxy) is 2. The van der Waals surface area contributed by atoms with E-state index in [2.05, 4.69) is 26.2 Å². The fourth-order valence-electron chi connectivity index (χ4n) is 2.03. The molecule has 0 unspecified atom stereocenters. The number of nitrogens with zero attached hydrogens (tertiary/aromatic N) is 1. The van der Waals surface area contributed by atoms with Crippen LogP contribution in [0, 0.1) is 6.92 Å². The molecule has 0 bridgehead atoms. The summed E-state index contributed by atoms with van der Waals surface area (Å²) in [5, 5.41) is 3.32. The number of halogens is 1. The van der Waals surface area contributed by atoms with Crippen molar-refractivity contribution in [2.24, 2.45) is 0 Å². The SMILES string of the molecule is COc1ccc(CCNc2ncc(C)cc2Br)cc1OC. The van der Waals surface area contributed by atoms with Gasteiger partial charge in [-0.2, -0.15) is 0 Å². The summed E-state index contributed by atoms with van der Waals surface area (Å²) in [4.78, 5) is 4.37. The van der Waals surface area contributed by atoms with Gasteiger partial charge in [-0.05, 0) is 58.6 Å². The second-order valence-electron chi connectivity index (χ2n) is 4.71. The standard InChI is InChI=1S/C16H19BrN2O2/c1-11-8-13(17)16(19-10-11)18-7-6-12-4-5-14(20-2)15(9-12)21-3/h4-5,8-10H,6-7H2,1-3H3,(H,18,19). The van der Waals surface area contributed by atoms with E-state index in [4.69, 9.17) is 9.47 Å². The van der Waals surface area contributed by atoms with Crippen LogP contribution in [0.4, 0.5) is 5.82 Å². The van der Waals surface area contributed by atoms with Gasteiger partial charge < -0.3 is 14.8 Å². The third kappa shape index (κ3) is 4.11. The number of pyridine rings is 1. The number of hydrogen-bond acceptors (Lipinski definition) is 4. The van der Waals surface area contributed by atoms with Crippen LogP contribution in [0.1, 0.15) is 11.1 Å². The zero-order valence-corrected chi connectivity index (χ0v) is 14.0. The normalized spacial score (nSPS) is 10.3. The molecule has 0 saturated heterocycles. The van der Waals surface area contributed by atoms with E-state index in [1.54, 1.807) is 14.2 Å². The summed E-state index contributed by atoms with van der Waals surface area (Å²) in [6.45, 7) is 2.81. The van der Waals surface area contributed by atoms with Gasteiger partial charge in [-0.3, -0.25) is 0 Å². The quantitative estimate of drug-likeness (QED) is 0.859. The molecule has 2 rings (SSSR count). The van der Waals surface area contributed by atoms with Crippen LogP contribution in [0.2, 0.25) is 0 Å². The van der Waals surface area contributed by atoms with E-state index >= 15 is 0 Å². The van der Waals surface area contributed by atoms with Gasteiger partial charge >= 0.3 is 0 Å². The second-order valence-corrected chi connectivity index (χ2v) is 5.56. The largest absolute Gasteiger partial charge is 0.493 e. The van der Waals surface area contributed by atoms with Gasteiger partial charge in [0.05, 0.1) is 18.7 Å². The van der Waals surface area contributed by atoms with Gasteiger partial charge in [0, 0.05) is 12.7 Å². The van der Waals surface area contributed by atoms with Crippen molar-refractivity contribution in [2.75, 3.05) is 26.1 Å². The maximum atomic E-state index is 5.31. The van der Waals surface area contributed by atoms with Crippen LogP contribution in [-0.4, -0.2) is 25.7 Å². The molecule has 0 saturated carbocycles. The van der Waals surface area contributed by atoms with Crippen LogP contribution in [0.25, 0.3) is 0 Å². The minimum Gasteiger partial charge on any atom is -0.493 e. The van der Waals surface area contributed by atoms with Gasteiger partial charge in [-0.15, -0.1) is 0 Å². The Morgan fingerprint density at radius 3 is 2.57 bits per heavy atom. The third-order valence-electron chi connectivity index (χ3n) is 3.13. The average Bonchev–Trinajstić information content (AvgIpc) is 2.49. The van der Waals surface area contributed by atoms with Crippen LogP contribution in [0.5, 0.6) is 11.5 Å². The highest BCUT2D eigenvalue weighted by atomic mass is 79.9. The highest BCUT2D eigenvalue weighted by Crippen LogP contribution is 2.27. The Morgan fingerprint density at radius 1 is 1.14 bits per heavy atom. The fraction of sp³-hybridized carbons (Fsp3) is 0.312. The van der Waals surface area contributed by atoms with Crippen LogP contribution in [0.3, 0.4) is 0 Å². The number of hydrogen-bond donors (Lipinski definition) is 1. The lowest BCUT2D eigenvalue weighted by atomic mass is 10.1. The van der Waals surface area contributed by atoms with Crippen LogP contribution in [-0.2, 0) is 6.42 Å². The molecule has 1 aromatic carbocycles. The van der Waals surface area contributed by atoms with E-state index in [1.165, 1.54) is 5.56 Å². The first-order chi connectivity index (χ1) is 10.1. The van der Waals surface area contributed by atoms with Crippen LogP contribution < -0.4 is 14.8 Å². The first-order valence-electron chi connectivity index (χ1n) is 6.71. The predicted octanol–water partition coefficient (Wildman–Crippen LogP) is 3.82.